The van der Waals surface area contributed by atoms with Crippen LogP contribution >= 0.6 is 0 Å². The Hall–Kier alpha value is -1.81. The lowest BCUT2D eigenvalue weighted by atomic mass is 10.1. The number of hydrogen-bond donors (Lipinski definition) is 2. The molecule has 1 aromatic carbocycles. The fourth-order valence-corrected chi connectivity index (χ4v) is 2.12. The van der Waals surface area contributed by atoms with Crippen LogP contribution in [0.2, 0.25) is 0 Å². The van der Waals surface area contributed by atoms with Crippen molar-refractivity contribution in [2.24, 2.45) is 0 Å². The van der Waals surface area contributed by atoms with Crippen molar-refractivity contribution in [1.29, 1.82) is 0 Å². The second-order valence-electron chi connectivity index (χ2n) is 4.74. The van der Waals surface area contributed by atoms with Gasteiger partial charge in [-0.25, -0.2) is 4.79 Å². The quantitative estimate of drug-likeness (QED) is 0.715. The highest BCUT2D eigenvalue weighted by atomic mass is 16.4. The van der Waals surface area contributed by atoms with Crippen molar-refractivity contribution in [3.63, 3.8) is 0 Å². The average molecular weight is 261 g/mol. The number of phenolic OH excluding ortho intramolecular Hbond substituents is 1. The molecule has 1 saturated heterocycles. The van der Waals surface area contributed by atoms with Crippen LogP contribution < -0.4 is 10.9 Å². The molecule has 4 nitrogen and oxygen atoms in total. The normalized spacial score (nSPS) is 14.8. The molecule has 19 heavy (non-hydrogen) atoms. The van der Waals surface area contributed by atoms with Crippen LogP contribution in [-0.4, -0.2) is 18.2 Å². The lowest BCUT2D eigenvalue weighted by Gasteiger charge is -2.08. The van der Waals surface area contributed by atoms with Gasteiger partial charge in [0.1, 0.15) is 11.3 Å². The summed E-state index contributed by atoms with van der Waals surface area (Å²) in [5.41, 5.74) is 0.881. The Bertz CT molecular complexity index is 588. The highest BCUT2D eigenvalue weighted by Crippen LogP contribution is 2.20. The molecule has 1 aliphatic rings. The fourth-order valence-electron chi connectivity index (χ4n) is 2.12. The van der Waals surface area contributed by atoms with Gasteiger partial charge in [-0.15, -0.1) is 0 Å². The van der Waals surface area contributed by atoms with E-state index in [2.05, 4.69) is 5.32 Å². The van der Waals surface area contributed by atoms with E-state index in [-0.39, 0.29) is 5.75 Å². The zero-order valence-electron chi connectivity index (χ0n) is 11.1. The van der Waals surface area contributed by atoms with Crippen LogP contribution in [0.15, 0.2) is 33.5 Å². The Kier molecular flexibility index (Phi) is 4.58. The Balaban J connectivity index is 0.000000186. The molecule has 0 radical (unpaired) electrons. The molecular formula is C15H19NO3. The second-order valence-corrected chi connectivity index (χ2v) is 4.74. The van der Waals surface area contributed by atoms with E-state index in [0.717, 1.165) is 10.9 Å². The molecule has 3 rings (SSSR count). The molecule has 0 amide bonds. The van der Waals surface area contributed by atoms with E-state index in [1.165, 1.54) is 44.5 Å². The molecule has 0 bridgehead atoms. The average Bonchev–Trinajstić information content (AvgIpc) is 2.40. The number of fused-ring (bicyclic) bond motifs is 1. The summed E-state index contributed by atoms with van der Waals surface area (Å²) in [6, 6.07) is 6.15. The zero-order chi connectivity index (χ0) is 13.7. The Labute approximate surface area is 112 Å². The van der Waals surface area contributed by atoms with Gasteiger partial charge in [0, 0.05) is 17.5 Å². The highest BCUT2D eigenvalue weighted by molar-refractivity contribution is 5.81. The third-order valence-electron chi connectivity index (χ3n) is 3.14. The number of phenols is 1. The van der Waals surface area contributed by atoms with Crippen molar-refractivity contribution in [2.75, 3.05) is 13.1 Å². The van der Waals surface area contributed by atoms with E-state index in [1.54, 1.807) is 12.1 Å². The summed E-state index contributed by atoms with van der Waals surface area (Å²) < 4.78 is 4.91. The summed E-state index contributed by atoms with van der Waals surface area (Å²) in [6.45, 7) is 4.33. The van der Waals surface area contributed by atoms with Crippen LogP contribution in [0.25, 0.3) is 11.0 Å². The molecule has 4 heteroatoms. The molecule has 0 spiro atoms. The van der Waals surface area contributed by atoms with Crippen LogP contribution in [-0.2, 0) is 0 Å². The van der Waals surface area contributed by atoms with Crippen molar-refractivity contribution < 1.29 is 9.52 Å². The van der Waals surface area contributed by atoms with Gasteiger partial charge in [-0.3, -0.25) is 0 Å². The Morgan fingerprint density at radius 1 is 1.16 bits per heavy atom. The van der Waals surface area contributed by atoms with Gasteiger partial charge in [0.05, 0.1) is 0 Å². The van der Waals surface area contributed by atoms with E-state index >= 15 is 0 Å². The van der Waals surface area contributed by atoms with Gasteiger partial charge in [0.25, 0.3) is 0 Å². The van der Waals surface area contributed by atoms with Crippen LogP contribution in [0, 0.1) is 6.92 Å². The topological polar surface area (TPSA) is 62.5 Å². The van der Waals surface area contributed by atoms with Crippen LogP contribution in [0.1, 0.15) is 24.8 Å². The monoisotopic (exact) mass is 261 g/mol. The van der Waals surface area contributed by atoms with Crippen molar-refractivity contribution in [2.45, 2.75) is 26.2 Å². The maximum Gasteiger partial charge on any atom is 0.336 e. The highest BCUT2D eigenvalue weighted by Gasteiger charge is 2.01. The van der Waals surface area contributed by atoms with E-state index < -0.39 is 5.63 Å². The third-order valence-corrected chi connectivity index (χ3v) is 3.14. The number of hydrogen-bond acceptors (Lipinski definition) is 4. The van der Waals surface area contributed by atoms with Crippen LogP contribution in [0.3, 0.4) is 0 Å². The fraction of sp³-hybridized carbons (Fsp3) is 0.400. The molecule has 0 saturated carbocycles. The SMILES string of the molecule is C1CCNCC1.Cc1cc(=O)oc2cc(O)ccc12. The van der Waals surface area contributed by atoms with Gasteiger partial charge in [-0.05, 0) is 50.6 Å². The summed E-state index contributed by atoms with van der Waals surface area (Å²) in [5.74, 6) is 0.0984. The lowest BCUT2D eigenvalue weighted by Crippen LogP contribution is -2.21. The lowest BCUT2D eigenvalue weighted by molar-refractivity contribution is 0.473. The maximum atomic E-state index is 11.0. The molecule has 0 unspecified atom stereocenters. The van der Waals surface area contributed by atoms with E-state index in [4.69, 9.17) is 9.52 Å². The smallest absolute Gasteiger partial charge is 0.336 e. The summed E-state index contributed by atoms with van der Waals surface area (Å²) in [4.78, 5) is 11.0. The molecule has 2 heterocycles. The molecule has 0 aliphatic carbocycles. The predicted octanol–water partition coefficient (Wildman–Crippen LogP) is 2.57. The van der Waals surface area contributed by atoms with Crippen molar-refractivity contribution in [3.05, 3.63) is 40.2 Å². The first-order chi connectivity index (χ1) is 9.16. The van der Waals surface area contributed by atoms with Gasteiger partial charge in [0.15, 0.2) is 0 Å². The first-order valence-electron chi connectivity index (χ1n) is 6.61. The molecule has 1 fully saturated rings. The largest absolute Gasteiger partial charge is 0.508 e. The van der Waals surface area contributed by atoms with Crippen molar-refractivity contribution in [3.8, 4) is 5.75 Å². The predicted molar refractivity (Wildman–Crippen MR) is 75.6 cm³/mol. The van der Waals surface area contributed by atoms with Crippen molar-refractivity contribution >= 4 is 11.0 Å². The first-order valence-corrected chi connectivity index (χ1v) is 6.61. The number of aromatic hydroxyl groups is 1. The number of nitrogens with one attached hydrogen (secondary N) is 1. The summed E-state index contributed by atoms with van der Waals surface area (Å²) in [6.07, 6.45) is 4.22. The Morgan fingerprint density at radius 3 is 2.47 bits per heavy atom. The van der Waals surface area contributed by atoms with Crippen molar-refractivity contribution in [1.82, 2.24) is 5.32 Å². The molecule has 0 atom stereocenters. The van der Waals surface area contributed by atoms with E-state index in [0.29, 0.717) is 5.58 Å². The second kappa shape index (κ2) is 6.38. The van der Waals surface area contributed by atoms with Gasteiger partial charge in [0.2, 0.25) is 0 Å². The number of rotatable bonds is 0. The molecule has 1 aliphatic heterocycles. The minimum Gasteiger partial charge on any atom is -0.508 e. The number of benzene rings is 1. The minimum absolute atomic E-state index is 0.0984. The van der Waals surface area contributed by atoms with Crippen LogP contribution in [0.5, 0.6) is 5.75 Å². The summed E-state index contributed by atoms with van der Waals surface area (Å²) in [5, 5.41) is 13.3. The third kappa shape index (κ3) is 3.83. The Morgan fingerprint density at radius 2 is 1.89 bits per heavy atom. The van der Waals surface area contributed by atoms with Gasteiger partial charge >= 0.3 is 5.63 Å². The number of piperidine rings is 1. The molecule has 2 N–H and O–H groups in total. The molecule has 1 aromatic heterocycles. The molecule has 2 aromatic rings. The van der Waals surface area contributed by atoms with Gasteiger partial charge < -0.3 is 14.8 Å². The first kappa shape index (κ1) is 13.6. The summed E-state index contributed by atoms with van der Waals surface area (Å²) in [7, 11) is 0. The molecular weight excluding hydrogens is 242 g/mol. The van der Waals surface area contributed by atoms with Crippen LogP contribution in [0.4, 0.5) is 0 Å². The summed E-state index contributed by atoms with van der Waals surface area (Å²) >= 11 is 0. The maximum absolute atomic E-state index is 11.0. The van der Waals surface area contributed by atoms with E-state index in [9.17, 15) is 4.79 Å². The van der Waals surface area contributed by atoms with E-state index in [1.807, 2.05) is 6.92 Å². The van der Waals surface area contributed by atoms with Gasteiger partial charge in [-0.2, -0.15) is 0 Å². The minimum atomic E-state index is -0.393. The van der Waals surface area contributed by atoms with Gasteiger partial charge in [-0.1, -0.05) is 6.42 Å². The standard InChI is InChI=1S/C10H8O3.C5H11N/c1-6-4-10(12)13-9-5-7(11)2-3-8(6)9;1-2-4-6-5-3-1/h2-5,11H,1H3;6H,1-5H2. The zero-order valence-corrected chi connectivity index (χ0v) is 11.1. The number of aryl methyl sites for hydroxylation is 1. The molecule has 102 valence electrons.